The molecule has 0 heterocycles. The van der Waals surface area contributed by atoms with Crippen molar-refractivity contribution in [1.29, 1.82) is 0 Å². The highest BCUT2D eigenvalue weighted by atomic mass is 14.2. The summed E-state index contributed by atoms with van der Waals surface area (Å²) in [6, 6.07) is 6.88. The summed E-state index contributed by atoms with van der Waals surface area (Å²) in [5.74, 6) is 0. The molecule has 0 N–H and O–H groups in total. The highest BCUT2D eigenvalue weighted by Crippen LogP contribution is 2.29. The number of hydrogen-bond donors (Lipinski definition) is 0. The van der Waals surface area contributed by atoms with E-state index in [9.17, 15) is 0 Å². The largest absolute Gasteiger partial charge is 0.0961 e. The Kier molecular flexibility index (Phi) is 6.22. The van der Waals surface area contributed by atoms with Crippen LogP contribution in [0.3, 0.4) is 0 Å². The molecule has 0 radical (unpaired) electrons. The molecule has 0 saturated carbocycles. The van der Waals surface area contributed by atoms with Crippen LogP contribution in [0.15, 0.2) is 54.2 Å². The third-order valence-corrected chi connectivity index (χ3v) is 4.17. The van der Waals surface area contributed by atoms with Crippen molar-refractivity contribution in [3.05, 3.63) is 70.8 Å². The molecule has 23 heavy (non-hydrogen) atoms. The Balaban J connectivity index is 3.15. The second-order valence-corrected chi connectivity index (χ2v) is 8.68. The Morgan fingerprint density at radius 1 is 1.04 bits per heavy atom. The molecule has 0 aliphatic carbocycles. The maximum atomic E-state index is 3.97. The molecule has 0 unspecified atom stereocenters. The fraction of sp³-hybridized carbons (Fsp3) is 0.478. The third-order valence-electron chi connectivity index (χ3n) is 4.17. The summed E-state index contributed by atoms with van der Waals surface area (Å²) in [5.41, 5.74) is 6.98. The monoisotopic (exact) mass is 310 g/mol. The molecule has 0 aliphatic heterocycles. The van der Waals surface area contributed by atoms with E-state index >= 15 is 0 Å². The van der Waals surface area contributed by atoms with E-state index in [1.54, 1.807) is 0 Å². The Morgan fingerprint density at radius 3 is 2.13 bits per heavy atom. The van der Waals surface area contributed by atoms with Gasteiger partial charge in [0, 0.05) is 0 Å². The highest BCUT2D eigenvalue weighted by molar-refractivity contribution is 5.37. The molecule has 0 atom stereocenters. The lowest BCUT2D eigenvalue weighted by molar-refractivity contribution is 0.515. The normalized spacial score (nSPS) is 13.7. The molecule has 0 spiro atoms. The van der Waals surface area contributed by atoms with E-state index in [1.165, 1.54) is 22.3 Å². The van der Waals surface area contributed by atoms with Gasteiger partial charge in [0.05, 0.1) is 0 Å². The lowest BCUT2D eigenvalue weighted by atomic mass is 9.83. The first-order chi connectivity index (χ1) is 10.4. The van der Waals surface area contributed by atoms with Crippen LogP contribution in [0.4, 0.5) is 0 Å². The van der Waals surface area contributed by atoms with Crippen LogP contribution in [0.25, 0.3) is 0 Å². The molecule has 0 heteroatoms. The number of aryl methyl sites for hydroxylation is 1. The van der Waals surface area contributed by atoms with Gasteiger partial charge in [0.25, 0.3) is 0 Å². The van der Waals surface area contributed by atoms with Gasteiger partial charge in [-0.15, -0.1) is 0 Å². The van der Waals surface area contributed by atoms with Gasteiger partial charge < -0.3 is 0 Å². The fourth-order valence-corrected chi connectivity index (χ4v) is 2.43. The van der Waals surface area contributed by atoms with Gasteiger partial charge >= 0.3 is 0 Å². The fourth-order valence-electron chi connectivity index (χ4n) is 2.43. The molecule has 0 fully saturated rings. The van der Waals surface area contributed by atoms with Crippen molar-refractivity contribution in [2.75, 3.05) is 0 Å². The molecule has 1 aromatic carbocycles. The molecule has 0 saturated heterocycles. The van der Waals surface area contributed by atoms with Crippen molar-refractivity contribution in [2.24, 2.45) is 5.41 Å². The zero-order chi connectivity index (χ0) is 17.8. The van der Waals surface area contributed by atoms with E-state index in [1.807, 2.05) is 6.92 Å². The van der Waals surface area contributed by atoms with Crippen molar-refractivity contribution in [3.8, 4) is 0 Å². The smallest absolute Gasteiger partial charge is 0.00887 e. The Hall–Kier alpha value is -1.56. The quantitative estimate of drug-likeness (QED) is 0.528. The van der Waals surface area contributed by atoms with Crippen LogP contribution in [0.1, 0.15) is 65.2 Å². The molecule has 0 aromatic heterocycles. The number of rotatable bonds is 4. The van der Waals surface area contributed by atoms with Gasteiger partial charge in [-0.1, -0.05) is 90.1 Å². The maximum Gasteiger partial charge on any atom is -0.00887 e. The highest BCUT2D eigenvalue weighted by Gasteiger charge is 2.16. The summed E-state index contributed by atoms with van der Waals surface area (Å²) in [5, 5.41) is 0. The summed E-state index contributed by atoms with van der Waals surface area (Å²) >= 11 is 0. The first kappa shape index (κ1) is 19.5. The van der Waals surface area contributed by atoms with Crippen LogP contribution in [0.2, 0.25) is 0 Å². The van der Waals surface area contributed by atoms with Crippen LogP contribution in [-0.4, -0.2) is 0 Å². The van der Waals surface area contributed by atoms with Gasteiger partial charge in [-0.3, -0.25) is 0 Å². The topological polar surface area (TPSA) is 0 Å². The first-order valence-corrected chi connectivity index (χ1v) is 8.55. The van der Waals surface area contributed by atoms with Crippen molar-refractivity contribution in [3.63, 3.8) is 0 Å². The number of allylic oxidation sites excluding steroid dienone is 5. The average molecular weight is 311 g/mol. The zero-order valence-electron chi connectivity index (χ0n) is 16.4. The molecule has 0 nitrogen and oxygen atoms in total. The SMILES string of the molecule is C=C(C)/C=C\C(=C/Cc1cc(C(C)(C)C)ccc1C)C(C)(C)C. The molecule has 0 amide bonds. The minimum absolute atomic E-state index is 0.140. The molecule has 1 rings (SSSR count). The van der Waals surface area contributed by atoms with Crippen LogP contribution in [0, 0.1) is 12.3 Å². The third kappa shape index (κ3) is 6.22. The molecule has 0 bridgehead atoms. The van der Waals surface area contributed by atoms with Crippen LogP contribution in [0.5, 0.6) is 0 Å². The summed E-state index contributed by atoms with van der Waals surface area (Å²) in [6.07, 6.45) is 7.66. The lowest BCUT2D eigenvalue weighted by Gasteiger charge is -2.22. The van der Waals surface area contributed by atoms with Crippen molar-refractivity contribution < 1.29 is 0 Å². The molecule has 0 aliphatic rings. The van der Waals surface area contributed by atoms with E-state index in [0.717, 1.165) is 12.0 Å². The van der Waals surface area contributed by atoms with Crippen molar-refractivity contribution >= 4 is 0 Å². The number of hydrogen-bond acceptors (Lipinski definition) is 0. The second-order valence-electron chi connectivity index (χ2n) is 8.68. The van der Waals surface area contributed by atoms with Crippen molar-refractivity contribution in [1.82, 2.24) is 0 Å². The summed E-state index contributed by atoms with van der Waals surface area (Å²) in [7, 11) is 0. The number of benzene rings is 1. The lowest BCUT2D eigenvalue weighted by Crippen LogP contribution is -2.12. The standard InChI is InChI=1S/C23H34/c1-17(2)10-13-20(22(4,5)6)15-12-19-16-21(23(7,8)9)14-11-18(19)3/h10-11,13-16H,1,12H2,2-9H3/b13-10-,20-15+. The minimum atomic E-state index is 0.140. The van der Waals surface area contributed by atoms with E-state index in [-0.39, 0.29) is 10.8 Å². The summed E-state index contributed by atoms with van der Waals surface area (Å²) in [4.78, 5) is 0. The van der Waals surface area contributed by atoms with Crippen LogP contribution in [-0.2, 0) is 11.8 Å². The molecule has 1 aromatic rings. The predicted molar refractivity (Wildman–Crippen MR) is 105 cm³/mol. The van der Waals surface area contributed by atoms with Crippen LogP contribution < -0.4 is 0 Å². The molecular formula is C23H34. The first-order valence-electron chi connectivity index (χ1n) is 8.55. The van der Waals surface area contributed by atoms with Gasteiger partial charge in [-0.25, -0.2) is 0 Å². The maximum absolute atomic E-state index is 3.97. The van der Waals surface area contributed by atoms with Gasteiger partial charge in [-0.2, -0.15) is 0 Å². The van der Waals surface area contributed by atoms with Gasteiger partial charge in [0.1, 0.15) is 0 Å². The van der Waals surface area contributed by atoms with Gasteiger partial charge in [0.2, 0.25) is 0 Å². The second kappa shape index (κ2) is 7.34. The predicted octanol–water partition coefficient (Wildman–Crippen LogP) is 6.94. The van der Waals surface area contributed by atoms with Crippen LogP contribution >= 0.6 is 0 Å². The Bertz CT molecular complexity index is 610. The minimum Gasteiger partial charge on any atom is -0.0961 e. The van der Waals surface area contributed by atoms with Gasteiger partial charge in [0.15, 0.2) is 0 Å². The summed E-state index contributed by atoms with van der Waals surface area (Å²) < 4.78 is 0. The van der Waals surface area contributed by atoms with Crippen molar-refractivity contribution in [2.45, 2.75) is 67.2 Å². The van der Waals surface area contributed by atoms with E-state index in [4.69, 9.17) is 0 Å². The van der Waals surface area contributed by atoms with E-state index in [2.05, 4.69) is 91.5 Å². The Labute approximate surface area is 144 Å². The molecule has 126 valence electrons. The average Bonchev–Trinajstić information content (AvgIpc) is 2.37. The zero-order valence-corrected chi connectivity index (χ0v) is 16.4. The van der Waals surface area contributed by atoms with Gasteiger partial charge in [-0.05, 0) is 53.4 Å². The molecular weight excluding hydrogens is 276 g/mol. The van der Waals surface area contributed by atoms with E-state index in [0.29, 0.717) is 0 Å². The summed E-state index contributed by atoms with van der Waals surface area (Å²) in [6.45, 7) is 21.8. The van der Waals surface area contributed by atoms with E-state index < -0.39 is 0 Å². The Morgan fingerprint density at radius 2 is 1.65 bits per heavy atom.